The maximum Gasteiger partial charge on any atom is 0.255 e. The third-order valence-electron chi connectivity index (χ3n) is 5.10. The van der Waals surface area contributed by atoms with Crippen molar-refractivity contribution in [1.29, 1.82) is 0 Å². The Morgan fingerprint density at radius 3 is 2.45 bits per heavy atom. The van der Waals surface area contributed by atoms with Gasteiger partial charge in [0.15, 0.2) is 0 Å². The number of amides is 2. The molecule has 0 spiro atoms. The average Bonchev–Trinajstić information content (AvgIpc) is 3.33. The van der Waals surface area contributed by atoms with Gasteiger partial charge in [0.1, 0.15) is 5.82 Å². The van der Waals surface area contributed by atoms with Crippen molar-refractivity contribution >= 4 is 17.5 Å². The molecule has 148 valence electrons. The summed E-state index contributed by atoms with van der Waals surface area (Å²) in [6.07, 6.45) is 3.00. The number of carbonyl (C=O) groups is 2. The standard InChI is InChI=1S/C22H21FN4O2/c1-15-20(14-25-27(15)19-10-6-17(23)7-11-19)22(29)24-13-16-4-8-18(9-5-16)26-12-2-3-21(26)28/h4-11,14H,2-3,12-13H2,1H3,(H,24,29). The molecule has 2 aromatic carbocycles. The molecule has 1 saturated heterocycles. The van der Waals surface area contributed by atoms with Crippen molar-refractivity contribution < 1.29 is 14.0 Å². The second kappa shape index (κ2) is 7.87. The third kappa shape index (κ3) is 3.89. The summed E-state index contributed by atoms with van der Waals surface area (Å²) in [5.41, 5.74) is 3.66. The summed E-state index contributed by atoms with van der Waals surface area (Å²) in [5.74, 6) is -0.397. The zero-order valence-corrected chi connectivity index (χ0v) is 16.1. The molecule has 1 N–H and O–H groups in total. The van der Waals surface area contributed by atoms with E-state index in [9.17, 15) is 14.0 Å². The van der Waals surface area contributed by atoms with Crippen molar-refractivity contribution in [3.63, 3.8) is 0 Å². The van der Waals surface area contributed by atoms with Crippen molar-refractivity contribution in [2.75, 3.05) is 11.4 Å². The van der Waals surface area contributed by atoms with E-state index in [0.717, 1.165) is 24.2 Å². The van der Waals surface area contributed by atoms with Crippen molar-refractivity contribution in [3.8, 4) is 5.69 Å². The number of aromatic nitrogens is 2. The Morgan fingerprint density at radius 2 is 1.79 bits per heavy atom. The molecular weight excluding hydrogens is 371 g/mol. The predicted molar refractivity (Wildman–Crippen MR) is 107 cm³/mol. The number of rotatable bonds is 5. The lowest BCUT2D eigenvalue weighted by Crippen LogP contribution is -2.24. The smallest absolute Gasteiger partial charge is 0.255 e. The Hall–Kier alpha value is -3.48. The predicted octanol–water partition coefficient (Wildman–Crippen LogP) is 3.38. The molecule has 0 radical (unpaired) electrons. The molecule has 0 bridgehead atoms. The lowest BCUT2D eigenvalue weighted by molar-refractivity contribution is -0.117. The molecule has 1 fully saturated rings. The van der Waals surface area contributed by atoms with Crippen LogP contribution in [-0.2, 0) is 11.3 Å². The largest absolute Gasteiger partial charge is 0.348 e. The van der Waals surface area contributed by atoms with E-state index in [4.69, 9.17) is 0 Å². The molecule has 0 unspecified atom stereocenters. The molecule has 3 aromatic rings. The zero-order chi connectivity index (χ0) is 20.4. The zero-order valence-electron chi connectivity index (χ0n) is 16.1. The summed E-state index contributed by atoms with van der Waals surface area (Å²) < 4.78 is 14.7. The molecular formula is C22H21FN4O2. The molecule has 4 rings (SSSR count). The van der Waals surface area contributed by atoms with Crippen LogP contribution in [0.3, 0.4) is 0 Å². The number of halogens is 1. The fourth-order valence-corrected chi connectivity index (χ4v) is 3.47. The number of nitrogens with zero attached hydrogens (tertiary/aromatic N) is 3. The van der Waals surface area contributed by atoms with E-state index in [1.807, 2.05) is 24.3 Å². The van der Waals surface area contributed by atoms with E-state index in [1.165, 1.54) is 18.3 Å². The lowest BCUT2D eigenvalue weighted by atomic mass is 10.2. The first-order valence-electron chi connectivity index (χ1n) is 9.51. The molecule has 0 aliphatic carbocycles. The highest BCUT2D eigenvalue weighted by atomic mass is 19.1. The number of benzene rings is 2. The topological polar surface area (TPSA) is 67.2 Å². The average molecular weight is 392 g/mol. The maximum atomic E-state index is 13.1. The monoisotopic (exact) mass is 392 g/mol. The van der Waals surface area contributed by atoms with Crippen LogP contribution in [-0.4, -0.2) is 28.1 Å². The van der Waals surface area contributed by atoms with Crippen LogP contribution in [0.4, 0.5) is 10.1 Å². The first kappa shape index (κ1) is 18.9. The fourth-order valence-electron chi connectivity index (χ4n) is 3.47. The van der Waals surface area contributed by atoms with E-state index in [2.05, 4.69) is 10.4 Å². The van der Waals surface area contributed by atoms with Crippen LogP contribution in [0.25, 0.3) is 5.69 Å². The van der Waals surface area contributed by atoms with E-state index in [0.29, 0.717) is 29.9 Å². The van der Waals surface area contributed by atoms with Crippen molar-refractivity contribution in [2.45, 2.75) is 26.3 Å². The first-order chi connectivity index (χ1) is 14.0. The Morgan fingerprint density at radius 1 is 1.10 bits per heavy atom. The van der Waals surface area contributed by atoms with Crippen molar-refractivity contribution in [1.82, 2.24) is 15.1 Å². The summed E-state index contributed by atoms with van der Waals surface area (Å²) in [6, 6.07) is 13.6. The van der Waals surface area contributed by atoms with Crippen LogP contribution in [0.5, 0.6) is 0 Å². The highest BCUT2D eigenvalue weighted by Gasteiger charge is 2.21. The number of nitrogens with one attached hydrogen (secondary N) is 1. The SMILES string of the molecule is Cc1c(C(=O)NCc2ccc(N3CCCC3=O)cc2)cnn1-c1ccc(F)cc1. The normalized spacial score (nSPS) is 13.7. The Labute approximate surface area is 167 Å². The van der Waals surface area contributed by atoms with Crippen LogP contribution in [0.2, 0.25) is 0 Å². The third-order valence-corrected chi connectivity index (χ3v) is 5.10. The Balaban J connectivity index is 1.41. The minimum Gasteiger partial charge on any atom is -0.348 e. The molecule has 0 atom stereocenters. The molecule has 7 heteroatoms. The summed E-state index contributed by atoms with van der Waals surface area (Å²) in [5, 5.41) is 7.15. The second-order valence-electron chi connectivity index (χ2n) is 7.03. The van der Waals surface area contributed by atoms with Crippen molar-refractivity contribution in [3.05, 3.63) is 77.4 Å². The number of carbonyl (C=O) groups excluding carboxylic acids is 2. The molecule has 6 nitrogen and oxygen atoms in total. The van der Waals surface area contributed by atoms with E-state index in [1.54, 1.807) is 28.6 Å². The van der Waals surface area contributed by atoms with Gasteiger partial charge in [-0.25, -0.2) is 9.07 Å². The lowest BCUT2D eigenvalue weighted by Gasteiger charge is -2.16. The quantitative estimate of drug-likeness (QED) is 0.724. The molecule has 0 saturated carbocycles. The van der Waals surface area contributed by atoms with Gasteiger partial charge in [0.25, 0.3) is 5.91 Å². The Kier molecular flexibility index (Phi) is 5.12. The van der Waals surface area contributed by atoms with Gasteiger partial charge in [0, 0.05) is 25.2 Å². The molecule has 1 aromatic heterocycles. The highest BCUT2D eigenvalue weighted by molar-refractivity contribution is 5.96. The molecule has 2 amide bonds. The van der Waals surface area contributed by atoms with Gasteiger partial charge in [-0.2, -0.15) is 5.10 Å². The molecule has 1 aliphatic rings. The Bertz CT molecular complexity index is 1040. The number of anilines is 1. The van der Waals surface area contributed by atoms with Crippen LogP contribution < -0.4 is 10.2 Å². The van der Waals surface area contributed by atoms with Crippen LogP contribution in [0.15, 0.2) is 54.7 Å². The van der Waals surface area contributed by atoms with Gasteiger partial charge >= 0.3 is 0 Å². The van der Waals surface area contributed by atoms with E-state index < -0.39 is 0 Å². The summed E-state index contributed by atoms with van der Waals surface area (Å²) in [7, 11) is 0. The van der Waals surface area contributed by atoms with Gasteiger partial charge in [-0.15, -0.1) is 0 Å². The van der Waals surface area contributed by atoms with Gasteiger partial charge in [-0.1, -0.05) is 12.1 Å². The minimum absolute atomic E-state index is 0.152. The van der Waals surface area contributed by atoms with Crippen LogP contribution >= 0.6 is 0 Å². The van der Waals surface area contributed by atoms with Gasteiger partial charge < -0.3 is 10.2 Å². The van der Waals surface area contributed by atoms with E-state index in [-0.39, 0.29) is 17.6 Å². The van der Waals surface area contributed by atoms with Gasteiger partial charge in [-0.3, -0.25) is 9.59 Å². The number of hydrogen-bond acceptors (Lipinski definition) is 3. The fraction of sp³-hybridized carbons (Fsp3) is 0.227. The summed E-state index contributed by atoms with van der Waals surface area (Å²) in [4.78, 5) is 26.2. The maximum absolute atomic E-state index is 13.1. The minimum atomic E-state index is -0.323. The van der Waals surface area contributed by atoms with Gasteiger partial charge in [0.2, 0.25) is 5.91 Å². The molecule has 1 aliphatic heterocycles. The second-order valence-corrected chi connectivity index (χ2v) is 7.03. The van der Waals surface area contributed by atoms with Crippen molar-refractivity contribution in [2.24, 2.45) is 0 Å². The van der Waals surface area contributed by atoms with Crippen LogP contribution in [0, 0.1) is 12.7 Å². The van der Waals surface area contributed by atoms with Gasteiger partial charge in [-0.05, 0) is 55.3 Å². The summed E-state index contributed by atoms with van der Waals surface area (Å²) in [6.45, 7) is 2.92. The molecule has 29 heavy (non-hydrogen) atoms. The van der Waals surface area contributed by atoms with Gasteiger partial charge in [0.05, 0.1) is 23.1 Å². The van der Waals surface area contributed by atoms with E-state index >= 15 is 0 Å². The molecule has 2 heterocycles. The highest BCUT2D eigenvalue weighted by Crippen LogP contribution is 2.21. The van der Waals surface area contributed by atoms with Crippen LogP contribution in [0.1, 0.15) is 34.5 Å². The summed E-state index contributed by atoms with van der Waals surface area (Å²) >= 11 is 0. The number of hydrogen-bond donors (Lipinski definition) is 1. The first-order valence-corrected chi connectivity index (χ1v) is 9.51.